The van der Waals surface area contributed by atoms with E-state index in [-0.39, 0.29) is 18.8 Å². The normalized spacial score (nSPS) is 38.6. The van der Waals surface area contributed by atoms with Gasteiger partial charge in [0, 0.05) is 5.92 Å². The molecule has 2 fully saturated rings. The molecule has 0 spiro atoms. The fraction of sp³-hybridized carbons (Fsp3) is 1.00. The van der Waals surface area contributed by atoms with Gasteiger partial charge in [0.15, 0.2) is 0 Å². The van der Waals surface area contributed by atoms with Crippen molar-refractivity contribution >= 4 is 0 Å². The van der Waals surface area contributed by atoms with Crippen LogP contribution in [0.4, 0.5) is 0 Å². The summed E-state index contributed by atoms with van der Waals surface area (Å²) >= 11 is 0. The Morgan fingerprint density at radius 2 is 2.13 bits per heavy atom. The molecule has 0 amide bonds. The predicted molar refractivity (Wildman–Crippen MR) is 56.2 cm³/mol. The highest BCUT2D eigenvalue weighted by Gasteiger charge is 2.47. The van der Waals surface area contributed by atoms with Crippen LogP contribution in [0.5, 0.6) is 0 Å². The van der Waals surface area contributed by atoms with E-state index in [1.54, 1.807) is 0 Å². The van der Waals surface area contributed by atoms with E-state index < -0.39 is 0 Å². The first-order valence-corrected chi connectivity index (χ1v) is 5.79. The van der Waals surface area contributed by atoms with E-state index in [1.807, 2.05) is 5.06 Å². The van der Waals surface area contributed by atoms with Crippen molar-refractivity contribution < 1.29 is 14.7 Å². The van der Waals surface area contributed by atoms with Gasteiger partial charge in [0.25, 0.3) is 0 Å². The molecule has 2 heterocycles. The van der Waals surface area contributed by atoms with Gasteiger partial charge < -0.3 is 9.84 Å². The molecule has 2 rings (SSSR count). The van der Waals surface area contributed by atoms with Crippen molar-refractivity contribution in [1.29, 1.82) is 0 Å². The fourth-order valence-corrected chi connectivity index (χ4v) is 2.59. The largest absolute Gasteiger partial charge is 0.395 e. The molecule has 0 bridgehead atoms. The summed E-state index contributed by atoms with van der Waals surface area (Å²) in [6.07, 6.45) is 0.213. The van der Waals surface area contributed by atoms with Crippen LogP contribution in [0.1, 0.15) is 20.8 Å². The summed E-state index contributed by atoms with van der Waals surface area (Å²) in [5, 5.41) is 11.4. The average molecular weight is 215 g/mol. The van der Waals surface area contributed by atoms with Gasteiger partial charge >= 0.3 is 0 Å². The van der Waals surface area contributed by atoms with Crippen LogP contribution in [0.15, 0.2) is 0 Å². The third-order valence-corrected chi connectivity index (χ3v) is 3.55. The second kappa shape index (κ2) is 4.37. The second-order valence-electron chi connectivity index (χ2n) is 4.94. The van der Waals surface area contributed by atoms with Gasteiger partial charge in [0.05, 0.1) is 38.0 Å². The first-order chi connectivity index (χ1) is 7.15. The summed E-state index contributed by atoms with van der Waals surface area (Å²) in [5.41, 5.74) is 0. The Morgan fingerprint density at radius 1 is 1.40 bits per heavy atom. The van der Waals surface area contributed by atoms with E-state index in [1.165, 1.54) is 0 Å². The molecule has 2 saturated heterocycles. The summed E-state index contributed by atoms with van der Waals surface area (Å²) < 4.78 is 5.62. The Bertz CT molecular complexity index is 222. The molecule has 0 aromatic heterocycles. The zero-order chi connectivity index (χ0) is 11.0. The van der Waals surface area contributed by atoms with Gasteiger partial charge in [-0.3, -0.25) is 4.84 Å². The summed E-state index contributed by atoms with van der Waals surface area (Å²) in [4.78, 5) is 5.70. The van der Waals surface area contributed by atoms with Gasteiger partial charge in [0.1, 0.15) is 0 Å². The second-order valence-corrected chi connectivity index (χ2v) is 4.94. The van der Waals surface area contributed by atoms with Crippen LogP contribution in [0.2, 0.25) is 0 Å². The van der Waals surface area contributed by atoms with Crippen LogP contribution < -0.4 is 0 Å². The molecule has 0 radical (unpaired) electrons. The molecule has 4 heteroatoms. The zero-order valence-electron chi connectivity index (χ0n) is 9.72. The first kappa shape index (κ1) is 11.3. The SMILES string of the molecule is CC(C)[C@@H](CO)N1OC[C@H]2CO[C@H](C)[C@H]21. The molecular formula is C11H21NO3. The molecule has 15 heavy (non-hydrogen) atoms. The maximum atomic E-state index is 9.40. The summed E-state index contributed by atoms with van der Waals surface area (Å²) in [6, 6.07) is 0.411. The number of aliphatic hydroxyl groups is 1. The van der Waals surface area contributed by atoms with Crippen LogP contribution >= 0.6 is 0 Å². The lowest BCUT2D eigenvalue weighted by atomic mass is 9.97. The lowest BCUT2D eigenvalue weighted by Crippen LogP contribution is -2.47. The molecule has 2 aliphatic heterocycles. The van der Waals surface area contributed by atoms with E-state index >= 15 is 0 Å². The van der Waals surface area contributed by atoms with Crippen molar-refractivity contribution in [3.63, 3.8) is 0 Å². The Kier molecular flexibility index (Phi) is 3.30. The smallest absolute Gasteiger partial charge is 0.0752 e. The molecule has 1 N–H and O–H groups in total. The van der Waals surface area contributed by atoms with Crippen molar-refractivity contribution in [1.82, 2.24) is 5.06 Å². The maximum absolute atomic E-state index is 9.40. The predicted octanol–water partition coefficient (Wildman–Crippen LogP) is 0.654. The van der Waals surface area contributed by atoms with Crippen molar-refractivity contribution in [2.24, 2.45) is 11.8 Å². The fourth-order valence-electron chi connectivity index (χ4n) is 2.59. The standard InChI is InChI=1S/C11H21NO3/c1-7(2)10(4-13)12-11-8(3)14-5-9(11)6-15-12/h7-11,13H,4-6H2,1-3H3/t8-,9-,10-,11-/m1/s1. The van der Waals surface area contributed by atoms with Gasteiger partial charge in [-0.2, -0.15) is 5.06 Å². The molecule has 0 unspecified atom stereocenters. The topological polar surface area (TPSA) is 41.9 Å². The van der Waals surface area contributed by atoms with E-state index in [0.717, 1.165) is 13.2 Å². The quantitative estimate of drug-likeness (QED) is 0.750. The number of hydroxylamine groups is 2. The summed E-state index contributed by atoms with van der Waals surface area (Å²) in [5.74, 6) is 0.870. The molecule has 0 aromatic carbocycles. The highest BCUT2D eigenvalue weighted by Crippen LogP contribution is 2.34. The van der Waals surface area contributed by atoms with E-state index in [0.29, 0.717) is 17.9 Å². The van der Waals surface area contributed by atoms with Crippen molar-refractivity contribution in [3.8, 4) is 0 Å². The molecule has 0 saturated carbocycles. The van der Waals surface area contributed by atoms with E-state index in [4.69, 9.17) is 9.57 Å². The molecule has 0 aromatic rings. The van der Waals surface area contributed by atoms with Crippen LogP contribution in [-0.4, -0.2) is 48.2 Å². The van der Waals surface area contributed by atoms with Crippen LogP contribution in [0.25, 0.3) is 0 Å². The Labute approximate surface area is 91.1 Å². The third kappa shape index (κ3) is 1.91. The zero-order valence-corrected chi connectivity index (χ0v) is 9.72. The Morgan fingerprint density at radius 3 is 2.73 bits per heavy atom. The highest BCUT2D eigenvalue weighted by atomic mass is 16.7. The number of aliphatic hydroxyl groups excluding tert-OH is 1. The maximum Gasteiger partial charge on any atom is 0.0752 e. The molecule has 2 aliphatic rings. The number of rotatable bonds is 3. The van der Waals surface area contributed by atoms with Gasteiger partial charge in [-0.1, -0.05) is 13.8 Å². The Balaban J connectivity index is 2.09. The van der Waals surface area contributed by atoms with Gasteiger partial charge in [-0.05, 0) is 12.8 Å². The number of ether oxygens (including phenoxy) is 1. The minimum atomic E-state index is 0.0872. The summed E-state index contributed by atoms with van der Waals surface area (Å²) in [7, 11) is 0. The van der Waals surface area contributed by atoms with Crippen molar-refractivity contribution in [3.05, 3.63) is 0 Å². The first-order valence-electron chi connectivity index (χ1n) is 5.79. The average Bonchev–Trinajstić information content (AvgIpc) is 2.72. The van der Waals surface area contributed by atoms with Gasteiger partial charge in [0.2, 0.25) is 0 Å². The van der Waals surface area contributed by atoms with E-state index in [2.05, 4.69) is 20.8 Å². The van der Waals surface area contributed by atoms with Gasteiger partial charge in [-0.15, -0.1) is 0 Å². The molecule has 4 nitrogen and oxygen atoms in total. The van der Waals surface area contributed by atoms with Gasteiger partial charge in [-0.25, -0.2) is 0 Å². The highest BCUT2D eigenvalue weighted by molar-refractivity contribution is 4.93. The van der Waals surface area contributed by atoms with E-state index in [9.17, 15) is 5.11 Å². The number of hydrogen-bond acceptors (Lipinski definition) is 4. The minimum absolute atomic E-state index is 0.0872. The van der Waals surface area contributed by atoms with Crippen molar-refractivity contribution in [2.45, 2.75) is 39.0 Å². The molecule has 88 valence electrons. The molecule has 0 aliphatic carbocycles. The molecular weight excluding hydrogens is 194 g/mol. The monoisotopic (exact) mass is 215 g/mol. The summed E-state index contributed by atoms with van der Waals surface area (Å²) in [6.45, 7) is 7.97. The molecule has 4 atom stereocenters. The van der Waals surface area contributed by atoms with Crippen molar-refractivity contribution in [2.75, 3.05) is 19.8 Å². The number of hydrogen-bond donors (Lipinski definition) is 1. The minimum Gasteiger partial charge on any atom is -0.395 e. The third-order valence-electron chi connectivity index (χ3n) is 3.55. The number of fused-ring (bicyclic) bond motifs is 1. The lowest BCUT2D eigenvalue weighted by molar-refractivity contribution is -0.195. The Hall–Kier alpha value is -0.160. The van der Waals surface area contributed by atoms with Crippen LogP contribution in [0.3, 0.4) is 0 Å². The lowest BCUT2D eigenvalue weighted by Gasteiger charge is -2.33. The van der Waals surface area contributed by atoms with Crippen LogP contribution in [0, 0.1) is 11.8 Å². The number of nitrogens with zero attached hydrogens (tertiary/aromatic N) is 1. The van der Waals surface area contributed by atoms with Crippen LogP contribution in [-0.2, 0) is 9.57 Å².